The molecular formula is C17H16O2. The van der Waals surface area contributed by atoms with Gasteiger partial charge in [0.1, 0.15) is 18.5 Å². The summed E-state index contributed by atoms with van der Waals surface area (Å²) < 4.78 is 10.7. The van der Waals surface area contributed by atoms with Crippen LogP contribution in [-0.2, 0) is 4.74 Å². The molecule has 2 nitrogen and oxygen atoms in total. The van der Waals surface area contributed by atoms with E-state index in [2.05, 4.69) is 18.7 Å². The normalized spacial score (nSPS) is 16.9. The van der Waals surface area contributed by atoms with Crippen LogP contribution in [0.1, 0.15) is 11.1 Å². The number of benzene rings is 2. The van der Waals surface area contributed by atoms with Gasteiger partial charge in [-0.2, -0.15) is 0 Å². The van der Waals surface area contributed by atoms with Gasteiger partial charge in [-0.05, 0) is 28.8 Å². The summed E-state index contributed by atoms with van der Waals surface area (Å²) in [5.74, 6) is 0.875. The van der Waals surface area contributed by atoms with Crippen molar-refractivity contribution in [3.63, 3.8) is 0 Å². The molecule has 0 aromatic heterocycles. The summed E-state index contributed by atoms with van der Waals surface area (Å²) in [6.45, 7) is 5.61. The SMILES string of the molecule is C=C(c1ccccc1)c1ccc(OCC2CO2)cc1. The number of hydrogen-bond donors (Lipinski definition) is 0. The molecule has 1 fully saturated rings. The molecule has 1 saturated heterocycles. The molecule has 0 amide bonds. The van der Waals surface area contributed by atoms with Crippen LogP contribution < -0.4 is 4.74 Å². The quantitative estimate of drug-likeness (QED) is 0.759. The van der Waals surface area contributed by atoms with E-state index in [1.54, 1.807) is 0 Å². The van der Waals surface area contributed by atoms with Crippen LogP contribution in [0.15, 0.2) is 61.2 Å². The van der Waals surface area contributed by atoms with Gasteiger partial charge in [0.15, 0.2) is 0 Å². The van der Waals surface area contributed by atoms with Gasteiger partial charge in [0.2, 0.25) is 0 Å². The van der Waals surface area contributed by atoms with Crippen molar-refractivity contribution in [1.29, 1.82) is 0 Å². The maximum atomic E-state index is 5.62. The van der Waals surface area contributed by atoms with E-state index in [4.69, 9.17) is 9.47 Å². The van der Waals surface area contributed by atoms with Crippen LogP contribution in [0.2, 0.25) is 0 Å². The molecule has 0 spiro atoms. The Bertz CT molecular complexity index is 554. The minimum absolute atomic E-state index is 0.291. The minimum Gasteiger partial charge on any atom is -0.491 e. The van der Waals surface area contributed by atoms with Gasteiger partial charge in [-0.25, -0.2) is 0 Å². The summed E-state index contributed by atoms with van der Waals surface area (Å²) in [6, 6.07) is 18.2. The number of rotatable bonds is 5. The van der Waals surface area contributed by atoms with E-state index in [0.29, 0.717) is 12.7 Å². The maximum Gasteiger partial charge on any atom is 0.119 e. The van der Waals surface area contributed by atoms with Gasteiger partial charge in [0.25, 0.3) is 0 Å². The van der Waals surface area contributed by atoms with Crippen molar-refractivity contribution in [3.05, 3.63) is 72.3 Å². The van der Waals surface area contributed by atoms with Gasteiger partial charge in [0, 0.05) is 0 Å². The van der Waals surface area contributed by atoms with Crippen LogP contribution in [0.5, 0.6) is 5.75 Å². The monoisotopic (exact) mass is 252 g/mol. The molecule has 0 N–H and O–H groups in total. The lowest BCUT2D eigenvalue weighted by molar-refractivity contribution is 0.263. The van der Waals surface area contributed by atoms with Crippen LogP contribution in [0.4, 0.5) is 0 Å². The molecule has 1 aliphatic rings. The summed E-state index contributed by atoms with van der Waals surface area (Å²) in [5, 5.41) is 0. The van der Waals surface area contributed by atoms with Gasteiger partial charge in [-0.3, -0.25) is 0 Å². The molecule has 2 heteroatoms. The van der Waals surface area contributed by atoms with Gasteiger partial charge in [0.05, 0.1) is 6.61 Å². The third-order valence-corrected chi connectivity index (χ3v) is 3.16. The number of epoxide rings is 1. The molecule has 2 aromatic rings. The first kappa shape index (κ1) is 12.0. The van der Waals surface area contributed by atoms with Crippen LogP contribution >= 0.6 is 0 Å². The van der Waals surface area contributed by atoms with Gasteiger partial charge >= 0.3 is 0 Å². The fourth-order valence-corrected chi connectivity index (χ4v) is 1.91. The van der Waals surface area contributed by atoms with Crippen LogP contribution in [0.3, 0.4) is 0 Å². The largest absolute Gasteiger partial charge is 0.491 e. The smallest absolute Gasteiger partial charge is 0.119 e. The van der Waals surface area contributed by atoms with E-state index in [-0.39, 0.29) is 0 Å². The fraction of sp³-hybridized carbons (Fsp3) is 0.176. The molecule has 1 atom stereocenters. The summed E-state index contributed by atoms with van der Waals surface area (Å²) in [6.07, 6.45) is 0.291. The highest BCUT2D eigenvalue weighted by Crippen LogP contribution is 2.23. The zero-order valence-electron chi connectivity index (χ0n) is 10.7. The molecule has 3 rings (SSSR count). The second-order valence-corrected chi connectivity index (χ2v) is 4.64. The fourth-order valence-electron chi connectivity index (χ4n) is 1.91. The zero-order chi connectivity index (χ0) is 13.1. The summed E-state index contributed by atoms with van der Waals surface area (Å²) in [4.78, 5) is 0. The predicted octanol–water partition coefficient (Wildman–Crippen LogP) is 3.53. The average Bonchev–Trinajstić information content (AvgIpc) is 3.30. The Morgan fingerprint density at radius 2 is 1.68 bits per heavy atom. The molecule has 96 valence electrons. The first-order valence-electron chi connectivity index (χ1n) is 6.42. The third-order valence-electron chi connectivity index (χ3n) is 3.16. The highest BCUT2D eigenvalue weighted by molar-refractivity contribution is 5.78. The molecule has 2 aromatic carbocycles. The Balaban J connectivity index is 1.69. The van der Waals surface area contributed by atoms with Crippen molar-refractivity contribution in [1.82, 2.24) is 0 Å². The average molecular weight is 252 g/mol. The lowest BCUT2D eigenvalue weighted by atomic mass is 10.00. The Morgan fingerprint density at radius 3 is 2.32 bits per heavy atom. The predicted molar refractivity (Wildman–Crippen MR) is 76.3 cm³/mol. The van der Waals surface area contributed by atoms with Crippen molar-refractivity contribution in [2.24, 2.45) is 0 Å². The van der Waals surface area contributed by atoms with Crippen molar-refractivity contribution < 1.29 is 9.47 Å². The van der Waals surface area contributed by atoms with Gasteiger partial charge in [-0.1, -0.05) is 49.0 Å². The lowest BCUT2D eigenvalue weighted by Crippen LogP contribution is -2.03. The third kappa shape index (κ3) is 3.04. The highest BCUT2D eigenvalue weighted by Gasteiger charge is 2.22. The highest BCUT2D eigenvalue weighted by atomic mass is 16.6. The van der Waals surface area contributed by atoms with E-state index in [0.717, 1.165) is 29.1 Å². The summed E-state index contributed by atoms with van der Waals surface area (Å²) in [5.41, 5.74) is 3.28. The van der Waals surface area contributed by atoms with E-state index in [1.807, 2.05) is 42.5 Å². The number of ether oxygens (including phenoxy) is 2. The molecule has 1 unspecified atom stereocenters. The van der Waals surface area contributed by atoms with E-state index in [9.17, 15) is 0 Å². The van der Waals surface area contributed by atoms with Gasteiger partial charge in [-0.15, -0.1) is 0 Å². The topological polar surface area (TPSA) is 21.8 Å². The molecule has 1 aliphatic heterocycles. The molecule has 0 aliphatic carbocycles. The van der Waals surface area contributed by atoms with E-state index in [1.165, 1.54) is 0 Å². The molecule has 1 heterocycles. The van der Waals surface area contributed by atoms with Crippen LogP contribution in [-0.4, -0.2) is 19.3 Å². The Labute approximate surface area is 113 Å². The zero-order valence-corrected chi connectivity index (χ0v) is 10.7. The molecular weight excluding hydrogens is 236 g/mol. The maximum absolute atomic E-state index is 5.62. The Hall–Kier alpha value is -2.06. The van der Waals surface area contributed by atoms with E-state index >= 15 is 0 Å². The Kier molecular flexibility index (Phi) is 3.34. The minimum atomic E-state index is 0.291. The van der Waals surface area contributed by atoms with Crippen molar-refractivity contribution >= 4 is 5.57 Å². The van der Waals surface area contributed by atoms with Crippen molar-refractivity contribution in [2.75, 3.05) is 13.2 Å². The first-order chi connectivity index (χ1) is 9.33. The van der Waals surface area contributed by atoms with Gasteiger partial charge < -0.3 is 9.47 Å². The number of hydrogen-bond acceptors (Lipinski definition) is 2. The van der Waals surface area contributed by atoms with E-state index < -0.39 is 0 Å². The standard InChI is InChI=1S/C17H16O2/c1-13(14-5-3-2-4-6-14)15-7-9-16(10-8-15)18-11-17-12-19-17/h2-10,17H,1,11-12H2. The molecule has 0 saturated carbocycles. The molecule has 19 heavy (non-hydrogen) atoms. The summed E-state index contributed by atoms with van der Waals surface area (Å²) in [7, 11) is 0. The second kappa shape index (κ2) is 5.29. The summed E-state index contributed by atoms with van der Waals surface area (Å²) >= 11 is 0. The van der Waals surface area contributed by atoms with Crippen molar-refractivity contribution in [2.45, 2.75) is 6.10 Å². The first-order valence-corrected chi connectivity index (χ1v) is 6.42. The van der Waals surface area contributed by atoms with Crippen LogP contribution in [0.25, 0.3) is 5.57 Å². The lowest BCUT2D eigenvalue weighted by Gasteiger charge is -2.08. The van der Waals surface area contributed by atoms with Crippen LogP contribution in [0, 0.1) is 0 Å². The van der Waals surface area contributed by atoms with Crippen molar-refractivity contribution in [3.8, 4) is 5.75 Å². The second-order valence-electron chi connectivity index (χ2n) is 4.64. The Morgan fingerprint density at radius 1 is 1.05 bits per heavy atom. The molecule has 0 bridgehead atoms. The molecule has 0 radical (unpaired) electrons.